The molecule has 0 aliphatic carbocycles. The lowest BCUT2D eigenvalue weighted by molar-refractivity contribution is 0.0941. The topological polar surface area (TPSA) is 38.3 Å². The predicted molar refractivity (Wildman–Crippen MR) is 67.7 cm³/mol. The van der Waals surface area contributed by atoms with Crippen LogP contribution in [-0.2, 0) is 0 Å². The van der Waals surface area contributed by atoms with E-state index in [0.29, 0.717) is 23.1 Å². The number of rotatable bonds is 5. The normalized spacial score (nSPS) is 11.2. The summed E-state index contributed by atoms with van der Waals surface area (Å²) in [6.07, 6.45) is 0. The summed E-state index contributed by atoms with van der Waals surface area (Å²) >= 11 is 7.16. The highest BCUT2D eigenvalue weighted by Gasteiger charge is 2.20. The van der Waals surface area contributed by atoms with Crippen LogP contribution in [0.1, 0.15) is 23.5 Å². The van der Waals surface area contributed by atoms with Gasteiger partial charge in [-0.1, -0.05) is 13.8 Å². The van der Waals surface area contributed by atoms with Crippen LogP contribution in [0.3, 0.4) is 0 Å². The number of carbonyl (C=O) groups is 1. The molecule has 1 aromatic rings. The van der Waals surface area contributed by atoms with Gasteiger partial charge in [-0.3, -0.25) is 4.79 Å². The fraction of sp³-hybridized carbons (Fsp3) is 0.545. The van der Waals surface area contributed by atoms with Gasteiger partial charge in [0.1, 0.15) is 10.6 Å². The maximum Gasteiger partial charge on any atom is 0.265 e. The molecule has 1 rings (SSSR count). The highest BCUT2D eigenvalue weighted by molar-refractivity contribution is 7.12. The van der Waals surface area contributed by atoms with E-state index in [9.17, 15) is 4.79 Å². The molecule has 0 aliphatic heterocycles. The summed E-state index contributed by atoms with van der Waals surface area (Å²) in [5.74, 6) is 1.02. The summed E-state index contributed by atoms with van der Waals surface area (Å²) in [4.78, 5) is 12.4. The fourth-order valence-corrected chi connectivity index (χ4v) is 1.94. The Kier molecular flexibility index (Phi) is 4.62. The third-order valence-electron chi connectivity index (χ3n) is 2.14. The lowest BCUT2D eigenvalue weighted by Crippen LogP contribution is -2.34. The number of methoxy groups -OCH3 is 1. The van der Waals surface area contributed by atoms with Gasteiger partial charge in [-0.15, -0.1) is 22.9 Å². The Morgan fingerprint density at radius 2 is 2.31 bits per heavy atom. The Labute approximate surface area is 105 Å². The number of alkyl halides is 1. The average molecular weight is 262 g/mol. The first-order chi connectivity index (χ1) is 7.50. The Morgan fingerprint density at radius 1 is 1.62 bits per heavy atom. The van der Waals surface area contributed by atoms with E-state index < -0.39 is 0 Å². The second-order valence-electron chi connectivity index (χ2n) is 4.30. The summed E-state index contributed by atoms with van der Waals surface area (Å²) in [5, 5.41) is 4.69. The lowest BCUT2D eigenvalue weighted by Gasteiger charge is -2.21. The molecule has 3 nitrogen and oxygen atoms in total. The van der Waals surface area contributed by atoms with Gasteiger partial charge in [-0.2, -0.15) is 0 Å². The van der Waals surface area contributed by atoms with E-state index in [1.165, 1.54) is 11.3 Å². The molecule has 16 heavy (non-hydrogen) atoms. The largest absolute Gasteiger partial charge is 0.495 e. The second-order valence-corrected chi connectivity index (χ2v) is 5.48. The van der Waals surface area contributed by atoms with Crippen molar-refractivity contribution in [1.29, 1.82) is 0 Å². The van der Waals surface area contributed by atoms with Crippen LogP contribution in [0, 0.1) is 5.41 Å². The maximum atomic E-state index is 11.8. The minimum absolute atomic E-state index is 0.0955. The molecular weight excluding hydrogens is 246 g/mol. The minimum atomic E-state index is -0.106. The first kappa shape index (κ1) is 13.3. The molecule has 5 heteroatoms. The number of halogens is 1. The first-order valence-electron chi connectivity index (χ1n) is 4.96. The smallest absolute Gasteiger partial charge is 0.265 e. The second kappa shape index (κ2) is 5.55. The lowest BCUT2D eigenvalue weighted by atomic mass is 9.96. The van der Waals surface area contributed by atoms with Crippen molar-refractivity contribution < 1.29 is 9.53 Å². The molecule has 0 atom stereocenters. The van der Waals surface area contributed by atoms with Crippen LogP contribution in [-0.4, -0.2) is 25.4 Å². The molecule has 0 fully saturated rings. The van der Waals surface area contributed by atoms with Gasteiger partial charge in [0.2, 0.25) is 0 Å². The Hall–Kier alpha value is -0.740. The van der Waals surface area contributed by atoms with Crippen LogP contribution in [0.25, 0.3) is 0 Å². The molecule has 0 unspecified atom stereocenters. The number of hydrogen-bond acceptors (Lipinski definition) is 3. The molecule has 0 saturated heterocycles. The number of thiophene rings is 1. The van der Waals surface area contributed by atoms with E-state index in [-0.39, 0.29) is 11.3 Å². The number of ether oxygens (including phenoxy) is 1. The van der Waals surface area contributed by atoms with Crippen LogP contribution in [0.5, 0.6) is 5.75 Å². The number of nitrogens with one attached hydrogen (secondary N) is 1. The molecule has 0 saturated carbocycles. The van der Waals surface area contributed by atoms with Gasteiger partial charge < -0.3 is 10.1 Å². The van der Waals surface area contributed by atoms with Gasteiger partial charge in [-0.25, -0.2) is 0 Å². The summed E-state index contributed by atoms with van der Waals surface area (Å²) in [6.45, 7) is 4.56. The summed E-state index contributed by atoms with van der Waals surface area (Å²) < 4.78 is 5.09. The molecule has 1 N–H and O–H groups in total. The van der Waals surface area contributed by atoms with E-state index in [1.54, 1.807) is 13.2 Å². The van der Waals surface area contributed by atoms with E-state index in [4.69, 9.17) is 16.3 Å². The summed E-state index contributed by atoms with van der Waals surface area (Å²) in [7, 11) is 1.56. The van der Waals surface area contributed by atoms with E-state index in [0.717, 1.165) is 0 Å². The van der Waals surface area contributed by atoms with Crippen LogP contribution in [0.4, 0.5) is 0 Å². The third-order valence-corrected chi connectivity index (χ3v) is 3.76. The Morgan fingerprint density at radius 3 is 2.88 bits per heavy atom. The quantitative estimate of drug-likeness (QED) is 0.828. The fourth-order valence-electron chi connectivity index (χ4n) is 1.07. The van der Waals surface area contributed by atoms with Crippen LogP contribution in [0.2, 0.25) is 0 Å². The van der Waals surface area contributed by atoms with Crippen molar-refractivity contribution in [3.8, 4) is 5.75 Å². The minimum Gasteiger partial charge on any atom is -0.495 e. The molecule has 0 spiro atoms. The number of amides is 1. The molecular formula is C11H16ClNO2S. The van der Waals surface area contributed by atoms with Crippen LogP contribution >= 0.6 is 22.9 Å². The molecule has 0 bridgehead atoms. The zero-order chi connectivity index (χ0) is 12.2. The molecule has 0 aliphatic rings. The summed E-state index contributed by atoms with van der Waals surface area (Å²) in [5.41, 5.74) is -0.0955. The zero-order valence-corrected chi connectivity index (χ0v) is 11.2. The Bertz CT molecular complexity index is 363. The maximum absolute atomic E-state index is 11.8. The average Bonchev–Trinajstić information content (AvgIpc) is 2.74. The van der Waals surface area contributed by atoms with Gasteiger partial charge in [0.15, 0.2) is 0 Å². The predicted octanol–water partition coefficient (Wildman–Crippen LogP) is 2.75. The molecule has 90 valence electrons. The van der Waals surface area contributed by atoms with Crippen LogP contribution in [0.15, 0.2) is 11.4 Å². The number of hydrogen-bond donors (Lipinski definition) is 1. The van der Waals surface area contributed by atoms with Gasteiger partial charge in [0, 0.05) is 12.4 Å². The van der Waals surface area contributed by atoms with Crippen molar-refractivity contribution in [2.24, 2.45) is 5.41 Å². The summed E-state index contributed by atoms with van der Waals surface area (Å²) in [6, 6.07) is 1.78. The van der Waals surface area contributed by atoms with Gasteiger partial charge >= 0.3 is 0 Å². The standard InChI is InChI=1S/C11H16ClNO2S/c1-11(2,6-12)7-13-10(14)9-8(15-3)4-5-16-9/h4-5H,6-7H2,1-3H3,(H,13,14). The van der Waals surface area contributed by atoms with E-state index >= 15 is 0 Å². The third kappa shape index (κ3) is 3.39. The van der Waals surface area contributed by atoms with E-state index in [2.05, 4.69) is 5.32 Å². The van der Waals surface area contributed by atoms with E-state index in [1.807, 2.05) is 19.2 Å². The molecule has 0 aromatic carbocycles. The van der Waals surface area contributed by atoms with Crippen molar-refractivity contribution in [2.45, 2.75) is 13.8 Å². The molecule has 0 radical (unpaired) electrons. The van der Waals surface area contributed by atoms with Crippen molar-refractivity contribution in [3.05, 3.63) is 16.3 Å². The SMILES string of the molecule is COc1ccsc1C(=O)NCC(C)(C)CCl. The Balaban J connectivity index is 2.60. The van der Waals surface area contributed by atoms with Crippen molar-refractivity contribution >= 4 is 28.8 Å². The zero-order valence-electron chi connectivity index (χ0n) is 9.67. The molecule has 1 amide bonds. The van der Waals surface area contributed by atoms with Crippen molar-refractivity contribution in [1.82, 2.24) is 5.32 Å². The van der Waals surface area contributed by atoms with Gasteiger partial charge in [-0.05, 0) is 16.9 Å². The van der Waals surface area contributed by atoms with Gasteiger partial charge in [0.05, 0.1) is 7.11 Å². The first-order valence-corrected chi connectivity index (χ1v) is 6.37. The number of carbonyl (C=O) groups excluding carboxylic acids is 1. The highest BCUT2D eigenvalue weighted by Crippen LogP contribution is 2.24. The van der Waals surface area contributed by atoms with Crippen LogP contribution < -0.4 is 10.1 Å². The van der Waals surface area contributed by atoms with Crippen molar-refractivity contribution in [2.75, 3.05) is 19.5 Å². The highest BCUT2D eigenvalue weighted by atomic mass is 35.5. The van der Waals surface area contributed by atoms with Crippen molar-refractivity contribution in [3.63, 3.8) is 0 Å². The van der Waals surface area contributed by atoms with Gasteiger partial charge in [0.25, 0.3) is 5.91 Å². The molecule has 1 aromatic heterocycles. The monoisotopic (exact) mass is 261 g/mol. The molecule has 1 heterocycles.